The molecule has 126 valence electrons. The monoisotopic (exact) mass is 329 g/mol. The third kappa shape index (κ3) is 3.19. The summed E-state index contributed by atoms with van der Waals surface area (Å²) < 4.78 is 9.96. The molecule has 1 aromatic heterocycles. The highest BCUT2D eigenvalue weighted by Crippen LogP contribution is 2.45. The fourth-order valence-corrected chi connectivity index (χ4v) is 2.71. The molecule has 0 saturated heterocycles. The van der Waals surface area contributed by atoms with Crippen molar-refractivity contribution < 1.29 is 23.8 Å². The molecule has 0 radical (unpaired) electrons. The number of hydrogen-bond donors (Lipinski definition) is 2. The van der Waals surface area contributed by atoms with Crippen molar-refractivity contribution in [1.29, 1.82) is 0 Å². The fourth-order valence-electron chi connectivity index (χ4n) is 2.71. The van der Waals surface area contributed by atoms with Gasteiger partial charge in [0.1, 0.15) is 11.4 Å². The van der Waals surface area contributed by atoms with Crippen molar-refractivity contribution in [2.24, 2.45) is 5.92 Å². The number of methoxy groups -OCH3 is 1. The maximum Gasteiger partial charge on any atom is 0.337 e. The Hall–Kier alpha value is -2.60. The smallest absolute Gasteiger partial charge is 0.337 e. The first-order valence-electron chi connectivity index (χ1n) is 7.77. The van der Waals surface area contributed by atoms with Gasteiger partial charge in [0.05, 0.1) is 25.5 Å². The number of rotatable bonds is 6. The molecule has 6 nitrogen and oxygen atoms in total. The van der Waals surface area contributed by atoms with E-state index >= 15 is 0 Å². The number of ether oxygens (including phenoxy) is 1. The predicted octanol–water partition coefficient (Wildman–Crippen LogP) is 2.09. The van der Waals surface area contributed by atoms with Gasteiger partial charge in [-0.2, -0.15) is 0 Å². The highest BCUT2D eigenvalue weighted by atomic mass is 16.5. The molecular weight excluding hydrogens is 310 g/mol. The molecule has 0 bridgehead atoms. The van der Waals surface area contributed by atoms with Gasteiger partial charge in [-0.25, -0.2) is 4.79 Å². The summed E-state index contributed by atoms with van der Waals surface area (Å²) in [6, 6.07) is 9.59. The molecule has 1 atom stereocenters. The van der Waals surface area contributed by atoms with Gasteiger partial charge in [-0.1, -0.05) is 0 Å². The topological polar surface area (TPSA) is 88.8 Å². The van der Waals surface area contributed by atoms with Gasteiger partial charge in [0.25, 0.3) is 5.91 Å². The van der Waals surface area contributed by atoms with E-state index in [4.69, 9.17) is 4.42 Å². The summed E-state index contributed by atoms with van der Waals surface area (Å²) in [7, 11) is 1.30. The van der Waals surface area contributed by atoms with Crippen LogP contribution in [0.2, 0.25) is 0 Å². The van der Waals surface area contributed by atoms with Crippen molar-refractivity contribution >= 4 is 11.9 Å². The minimum absolute atomic E-state index is 0.0722. The molecule has 1 aliphatic carbocycles. The van der Waals surface area contributed by atoms with E-state index in [0.29, 0.717) is 16.9 Å². The van der Waals surface area contributed by atoms with Gasteiger partial charge >= 0.3 is 5.97 Å². The molecule has 24 heavy (non-hydrogen) atoms. The Labute approximate surface area is 139 Å². The second kappa shape index (κ2) is 6.49. The Kier molecular flexibility index (Phi) is 4.40. The van der Waals surface area contributed by atoms with Crippen LogP contribution in [0.4, 0.5) is 0 Å². The lowest BCUT2D eigenvalue weighted by Gasteiger charge is -2.26. The molecule has 1 fully saturated rings. The summed E-state index contributed by atoms with van der Waals surface area (Å²) in [6.07, 6.45) is 3.32. The van der Waals surface area contributed by atoms with Crippen LogP contribution in [-0.4, -0.2) is 30.6 Å². The Bertz CT molecular complexity index is 718. The molecule has 1 saturated carbocycles. The maximum absolute atomic E-state index is 12.3. The third-order valence-electron chi connectivity index (χ3n) is 4.29. The average Bonchev–Trinajstić information content (AvgIpc) is 3.33. The van der Waals surface area contributed by atoms with Crippen molar-refractivity contribution in [3.05, 3.63) is 59.5 Å². The van der Waals surface area contributed by atoms with Crippen LogP contribution < -0.4 is 5.32 Å². The van der Waals surface area contributed by atoms with E-state index in [1.807, 2.05) is 0 Å². The molecule has 1 heterocycles. The summed E-state index contributed by atoms with van der Waals surface area (Å²) in [4.78, 5) is 23.7. The van der Waals surface area contributed by atoms with Crippen LogP contribution in [0.15, 0.2) is 47.1 Å². The summed E-state index contributed by atoms with van der Waals surface area (Å²) >= 11 is 0. The van der Waals surface area contributed by atoms with Crippen LogP contribution in [0.3, 0.4) is 0 Å². The Morgan fingerprint density at radius 2 is 1.92 bits per heavy atom. The van der Waals surface area contributed by atoms with E-state index in [0.717, 1.165) is 12.8 Å². The number of carbonyl (C=O) groups excluding carboxylic acids is 2. The van der Waals surface area contributed by atoms with Crippen molar-refractivity contribution in [2.45, 2.75) is 18.4 Å². The van der Waals surface area contributed by atoms with Crippen LogP contribution in [0, 0.1) is 5.92 Å². The lowest BCUT2D eigenvalue weighted by Crippen LogP contribution is -2.42. The molecule has 1 aromatic carbocycles. The highest BCUT2D eigenvalue weighted by molar-refractivity contribution is 5.96. The van der Waals surface area contributed by atoms with Crippen LogP contribution in [0.25, 0.3) is 0 Å². The molecule has 0 unspecified atom stereocenters. The maximum atomic E-state index is 12.3. The number of aliphatic hydroxyl groups is 1. The van der Waals surface area contributed by atoms with Crippen molar-refractivity contribution in [1.82, 2.24) is 5.32 Å². The van der Waals surface area contributed by atoms with Crippen molar-refractivity contribution in [3.63, 3.8) is 0 Å². The summed E-state index contributed by atoms with van der Waals surface area (Å²) in [5, 5.41) is 13.6. The molecule has 0 spiro atoms. The van der Waals surface area contributed by atoms with Gasteiger partial charge < -0.3 is 19.6 Å². The fraction of sp³-hybridized carbons (Fsp3) is 0.333. The molecule has 2 aromatic rings. The zero-order valence-corrected chi connectivity index (χ0v) is 13.3. The molecule has 0 aliphatic heterocycles. The Balaban J connectivity index is 1.67. The largest absolute Gasteiger partial charge is 0.466 e. The number of nitrogens with one attached hydrogen (secondary N) is 1. The quantitative estimate of drug-likeness (QED) is 0.792. The minimum atomic E-state index is -1.19. The second-order valence-electron chi connectivity index (χ2n) is 5.93. The number of benzene rings is 1. The van der Waals surface area contributed by atoms with E-state index in [9.17, 15) is 14.7 Å². The standard InChI is InChI=1S/C18H19NO5/c1-23-17(21)13-6-4-12(5-7-13)16(20)19-11-18(22,14-8-9-14)15-3-2-10-24-15/h2-7,10,14,22H,8-9,11H2,1H3,(H,19,20)/t18-/m1/s1. The Morgan fingerprint density at radius 1 is 1.25 bits per heavy atom. The first-order chi connectivity index (χ1) is 11.5. The normalized spacial score (nSPS) is 16.2. The van der Waals surface area contributed by atoms with E-state index in [-0.39, 0.29) is 18.4 Å². The van der Waals surface area contributed by atoms with Gasteiger partial charge in [-0.15, -0.1) is 0 Å². The molecule has 2 N–H and O–H groups in total. The van der Waals surface area contributed by atoms with Gasteiger partial charge in [-0.05, 0) is 55.2 Å². The average molecular weight is 329 g/mol. The zero-order chi connectivity index (χ0) is 17.2. The van der Waals surface area contributed by atoms with Gasteiger partial charge in [-0.3, -0.25) is 4.79 Å². The number of hydrogen-bond acceptors (Lipinski definition) is 5. The number of amides is 1. The van der Waals surface area contributed by atoms with E-state index < -0.39 is 11.6 Å². The van der Waals surface area contributed by atoms with Crippen LogP contribution in [0.1, 0.15) is 39.3 Å². The summed E-state index contributed by atoms with van der Waals surface area (Å²) in [5.41, 5.74) is -0.412. The molecule has 1 aliphatic rings. The van der Waals surface area contributed by atoms with Crippen molar-refractivity contribution in [2.75, 3.05) is 13.7 Å². The highest BCUT2D eigenvalue weighted by Gasteiger charge is 2.47. The van der Waals surface area contributed by atoms with E-state index in [2.05, 4.69) is 10.1 Å². The second-order valence-corrected chi connectivity index (χ2v) is 5.93. The summed E-state index contributed by atoms with van der Waals surface area (Å²) in [6.45, 7) is 0.0722. The number of esters is 1. The SMILES string of the molecule is COC(=O)c1ccc(C(=O)NC[C@](O)(c2ccco2)C2CC2)cc1. The van der Waals surface area contributed by atoms with Gasteiger partial charge in [0, 0.05) is 5.56 Å². The molecule has 6 heteroatoms. The van der Waals surface area contributed by atoms with Crippen LogP contribution in [-0.2, 0) is 10.3 Å². The molecule has 1 amide bonds. The summed E-state index contributed by atoms with van der Waals surface area (Å²) in [5.74, 6) is -0.225. The lowest BCUT2D eigenvalue weighted by atomic mass is 9.94. The van der Waals surface area contributed by atoms with E-state index in [1.165, 1.54) is 25.5 Å². The Morgan fingerprint density at radius 3 is 2.46 bits per heavy atom. The van der Waals surface area contributed by atoms with Crippen LogP contribution in [0.5, 0.6) is 0 Å². The first-order valence-corrected chi connectivity index (χ1v) is 7.77. The molecule has 3 rings (SSSR count). The predicted molar refractivity (Wildman–Crippen MR) is 85.4 cm³/mol. The minimum Gasteiger partial charge on any atom is -0.466 e. The van der Waals surface area contributed by atoms with Gasteiger partial charge in [0.15, 0.2) is 0 Å². The number of furan rings is 1. The van der Waals surface area contributed by atoms with Crippen molar-refractivity contribution in [3.8, 4) is 0 Å². The van der Waals surface area contributed by atoms with Crippen LogP contribution >= 0.6 is 0 Å². The first kappa shape index (κ1) is 16.3. The molecular formula is C18H19NO5. The zero-order valence-electron chi connectivity index (χ0n) is 13.3. The third-order valence-corrected chi connectivity index (χ3v) is 4.29. The number of carbonyl (C=O) groups is 2. The lowest BCUT2D eigenvalue weighted by molar-refractivity contribution is -0.00610. The van der Waals surface area contributed by atoms with E-state index in [1.54, 1.807) is 24.3 Å². The van der Waals surface area contributed by atoms with Gasteiger partial charge in [0.2, 0.25) is 0 Å².